The first-order valence-electron chi connectivity index (χ1n) is 5.84. The molecule has 1 aliphatic heterocycles. The van der Waals surface area contributed by atoms with Crippen LogP contribution in [0.1, 0.15) is 12.8 Å². The van der Waals surface area contributed by atoms with Gasteiger partial charge >= 0.3 is 0 Å². The average Bonchev–Trinajstić information content (AvgIpc) is 2.28. The van der Waals surface area contributed by atoms with Crippen molar-refractivity contribution in [3.63, 3.8) is 0 Å². The van der Waals surface area contributed by atoms with E-state index in [2.05, 4.69) is 11.9 Å². The monoisotopic (exact) mass is 257 g/mol. The number of likely N-dealkylation sites (tertiary alicyclic amines) is 1. The summed E-state index contributed by atoms with van der Waals surface area (Å²) in [6, 6.07) is 6.93. The van der Waals surface area contributed by atoms with E-state index in [4.69, 9.17) is 9.84 Å². The minimum atomic E-state index is 0. The molecule has 1 unspecified atom stereocenters. The number of hydrogen-bond acceptors (Lipinski definition) is 3. The van der Waals surface area contributed by atoms with E-state index in [-0.39, 0.29) is 18.2 Å². The zero-order chi connectivity index (χ0) is 11.4. The molecular weight excluding hydrogens is 238 g/mol. The molecule has 0 bridgehead atoms. The normalized spacial score (nSPS) is 20.6. The first kappa shape index (κ1) is 14.1. The summed E-state index contributed by atoms with van der Waals surface area (Å²) in [7, 11) is 2.16. The maximum atomic E-state index is 9.15. The van der Waals surface area contributed by atoms with Crippen LogP contribution < -0.4 is 4.74 Å². The van der Waals surface area contributed by atoms with Gasteiger partial charge in [-0.1, -0.05) is 0 Å². The largest absolute Gasteiger partial charge is 0.508 e. The maximum Gasteiger partial charge on any atom is 0.119 e. The van der Waals surface area contributed by atoms with Crippen molar-refractivity contribution < 1.29 is 9.84 Å². The minimum Gasteiger partial charge on any atom is -0.508 e. The summed E-state index contributed by atoms with van der Waals surface area (Å²) in [6.45, 7) is 3.10. The van der Waals surface area contributed by atoms with E-state index in [0.717, 1.165) is 18.9 Å². The zero-order valence-corrected chi connectivity index (χ0v) is 10.9. The van der Waals surface area contributed by atoms with Crippen molar-refractivity contribution >= 4 is 12.4 Å². The van der Waals surface area contributed by atoms with Crippen LogP contribution in [0.5, 0.6) is 11.5 Å². The second-order valence-corrected chi connectivity index (χ2v) is 4.58. The molecule has 1 aromatic rings. The topological polar surface area (TPSA) is 32.7 Å². The van der Waals surface area contributed by atoms with Crippen molar-refractivity contribution in [2.45, 2.75) is 12.8 Å². The lowest BCUT2D eigenvalue weighted by Crippen LogP contribution is -2.34. The molecule has 1 saturated heterocycles. The summed E-state index contributed by atoms with van der Waals surface area (Å²) in [5, 5.41) is 9.15. The van der Waals surface area contributed by atoms with Crippen LogP contribution in [0.25, 0.3) is 0 Å². The molecule has 1 fully saturated rings. The number of hydrogen-bond donors (Lipinski definition) is 1. The number of ether oxygens (including phenoxy) is 1. The lowest BCUT2D eigenvalue weighted by molar-refractivity contribution is 0.150. The van der Waals surface area contributed by atoms with Gasteiger partial charge < -0.3 is 14.7 Å². The summed E-state index contributed by atoms with van der Waals surface area (Å²) in [5.41, 5.74) is 0. The third kappa shape index (κ3) is 4.44. The molecule has 0 aromatic heterocycles. The Morgan fingerprint density at radius 1 is 1.35 bits per heavy atom. The van der Waals surface area contributed by atoms with E-state index in [0.29, 0.717) is 5.92 Å². The Hall–Kier alpha value is -0.930. The molecule has 0 radical (unpaired) electrons. The van der Waals surface area contributed by atoms with Gasteiger partial charge in [-0.25, -0.2) is 0 Å². The molecule has 17 heavy (non-hydrogen) atoms. The van der Waals surface area contributed by atoms with Gasteiger partial charge in [-0.05, 0) is 50.7 Å². The number of nitrogens with zero attached hydrogens (tertiary/aromatic N) is 1. The van der Waals surface area contributed by atoms with Gasteiger partial charge in [0.1, 0.15) is 11.5 Å². The number of halogens is 1. The Balaban J connectivity index is 0.00000144. The fourth-order valence-electron chi connectivity index (χ4n) is 2.17. The molecule has 0 saturated carbocycles. The Kier molecular flexibility index (Phi) is 5.59. The van der Waals surface area contributed by atoms with Gasteiger partial charge in [0.15, 0.2) is 0 Å². The minimum absolute atomic E-state index is 0. The van der Waals surface area contributed by atoms with Crippen LogP contribution in [0.4, 0.5) is 0 Å². The smallest absolute Gasteiger partial charge is 0.119 e. The van der Waals surface area contributed by atoms with Crippen molar-refractivity contribution in [1.29, 1.82) is 0 Å². The van der Waals surface area contributed by atoms with E-state index in [9.17, 15) is 0 Å². The van der Waals surface area contributed by atoms with Crippen molar-refractivity contribution in [3.05, 3.63) is 24.3 Å². The quantitative estimate of drug-likeness (QED) is 0.903. The van der Waals surface area contributed by atoms with Crippen molar-refractivity contribution in [3.8, 4) is 11.5 Å². The van der Waals surface area contributed by atoms with Crippen LogP contribution in [0, 0.1) is 5.92 Å². The van der Waals surface area contributed by atoms with Gasteiger partial charge in [-0.3, -0.25) is 0 Å². The van der Waals surface area contributed by atoms with E-state index in [1.165, 1.54) is 19.4 Å². The van der Waals surface area contributed by atoms with Crippen LogP contribution in [-0.2, 0) is 0 Å². The van der Waals surface area contributed by atoms with Crippen molar-refractivity contribution in [1.82, 2.24) is 4.90 Å². The van der Waals surface area contributed by atoms with Crippen molar-refractivity contribution in [2.24, 2.45) is 5.92 Å². The van der Waals surface area contributed by atoms with Gasteiger partial charge in [0.25, 0.3) is 0 Å². The lowest BCUT2D eigenvalue weighted by Gasteiger charge is -2.29. The molecule has 1 atom stereocenters. The number of benzene rings is 1. The first-order chi connectivity index (χ1) is 7.74. The van der Waals surface area contributed by atoms with Gasteiger partial charge in [-0.15, -0.1) is 12.4 Å². The number of rotatable bonds is 3. The van der Waals surface area contributed by atoms with E-state index in [1.54, 1.807) is 12.1 Å². The van der Waals surface area contributed by atoms with Crippen LogP contribution in [0.15, 0.2) is 24.3 Å². The third-order valence-corrected chi connectivity index (χ3v) is 3.04. The molecule has 96 valence electrons. The molecule has 0 spiro atoms. The van der Waals surface area contributed by atoms with Gasteiger partial charge in [0.2, 0.25) is 0 Å². The summed E-state index contributed by atoms with van der Waals surface area (Å²) in [6.07, 6.45) is 2.52. The van der Waals surface area contributed by atoms with E-state index < -0.39 is 0 Å². The molecule has 2 rings (SSSR count). The Labute approximate surface area is 109 Å². The van der Waals surface area contributed by atoms with Crippen LogP contribution in [-0.4, -0.2) is 36.8 Å². The Morgan fingerprint density at radius 3 is 2.71 bits per heavy atom. The van der Waals surface area contributed by atoms with Crippen LogP contribution >= 0.6 is 12.4 Å². The molecule has 0 amide bonds. The lowest BCUT2D eigenvalue weighted by atomic mass is 10.00. The Bertz CT molecular complexity index is 329. The van der Waals surface area contributed by atoms with Gasteiger partial charge in [0, 0.05) is 12.5 Å². The predicted octanol–water partition coefficient (Wildman–Crippen LogP) is 2.53. The SMILES string of the molecule is CN1CCCC(COc2ccc(O)cc2)C1.Cl. The zero-order valence-electron chi connectivity index (χ0n) is 10.1. The number of piperidine rings is 1. The number of phenolic OH excluding ortho intramolecular Hbond substituents is 1. The molecule has 1 heterocycles. The highest BCUT2D eigenvalue weighted by Gasteiger charge is 2.17. The molecule has 4 heteroatoms. The fourth-order valence-corrected chi connectivity index (χ4v) is 2.17. The van der Waals surface area contributed by atoms with Crippen LogP contribution in [0.3, 0.4) is 0 Å². The summed E-state index contributed by atoms with van der Waals surface area (Å²) in [4.78, 5) is 2.36. The molecule has 1 N–H and O–H groups in total. The predicted molar refractivity (Wildman–Crippen MR) is 71.1 cm³/mol. The summed E-state index contributed by atoms with van der Waals surface area (Å²) in [5.74, 6) is 1.75. The molecule has 3 nitrogen and oxygen atoms in total. The highest BCUT2D eigenvalue weighted by molar-refractivity contribution is 5.85. The summed E-state index contributed by atoms with van der Waals surface area (Å²) >= 11 is 0. The highest BCUT2D eigenvalue weighted by atomic mass is 35.5. The summed E-state index contributed by atoms with van der Waals surface area (Å²) < 4.78 is 5.71. The Morgan fingerprint density at radius 2 is 2.06 bits per heavy atom. The molecular formula is C13H20ClNO2. The maximum absolute atomic E-state index is 9.15. The average molecular weight is 258 g/mol. The van der Waals surface area contributed by atoms with E-state index in [1.807, 2.05) is 12.1 Å². The number of aromatic hydroxyl groups is 1. The molecule has 1 aliphatic rings. The highest BCUT2D eigenvalue weighted by Crippen LogP contribution is 2.19. The second kappa shape index (κ2) is 6.72. The van der Waals surface area contributed by atoms with Gasteiger partial charge in [0.05, 0.1) is 6.61 Å². The fraction of sp³-hybridized carbons (Fsp3) is 0.538. The second-order valence-electron chi connectivity index (χ2n) is 4.58. The van der Waals surface area contributed by atoms with Gasteiger partial charge in [-0.2, -0.15) is 0 Å². The molecule has 0 aliphatic carbocycles. The standard InChI is InChI=1S/C13H19NO2.ClH/c1-14-8-2-3-11(9-14)10-16-13-6-4-12(15)5-7-13;/h4-7,11,15H,2-3,8-10H2,1H3;1H. The first-order valence-corrected chi connectivity index (χ1v) is 5.84. The number of phenols is 1. The van der Waals surface area contributed by atoms with Crippen LogP contribution in [0.2, 0.25) is 0 Å². The molecule has 1 aromatic carbocycles. The van der Waals surface area contributed by atoms with E-state index >= 15 is 0 Å². The van der Waals surface area contributed by atoms with Crippen molar-refractivity contribution in [2.75, 3.05) is 26.7 Å². The third-order valence-electron chi connectivity index (χ3n) is 3.04.